The van der Waals surface area contributed by atoms with Crippen LogP contribution in [-0.4, -0.2) is 5.11 Å². The molecule has 0 atom stereocenters. The van der Waals surface area contributed by atoms with Crippen molar-refractivity contribution in [1.82, 2.24) is 0 Å². The van der Waals surface area contributed by atoms with E-state index in [1.807, 2.05) is 13.0 Å². The first-order chi connectivity index (χ1) is 4.24. The Morgan fingerprint density at radius 3 is 2.67 bits per heavy atom. The number of aliphatic hydroxyl groups is 1. The Morgan fingerprint density at radius 2 is 2.44 bits per heavy atom. The Morgan fingerprint density at radius 1 is 1.78 bits per heavy atom. The molecule has 1 nitrogen and oxygen atoms in total. The minimum absolute atomic E-state index is 0.150. The van der Waals surface area contributed by atoms with E-state index in [2.05, 4.69) is 15.9 Å². The number of thiophene rings is 1. The molecule has 1 aromatic rings. The summed E-state index contributed by atoms with van der Waals surface area (Å²) in [4.78, 5) is 2.23. The average molecular weight is 207 g/mol. The van der Waals surface area contributed by atoms with Gasteiger partial charge in [-0.05, 0) is 28.9 Å². The maximum Gasteiger partial charge on any atom is 0.0774 e. The van der Waals surface area contributed by atoms with E-state index < -0.39 is 0 Å². The molecule has 0 radical (unpaired) electrons. The van der Waals surface area contributed by atoms with Gasteiger partial charge in [0.25, 0.3) is 0 Å². The molecule has 0 saturated heterocycles. The van der Waals surface area contributed by atoms with Gasteiger partial charge in [-0.3, -0.25) is 0 Å². The van der Waals surface area contributed by atoms with Crippen molar-refractivity contribution in [2.45, 2.75) is 13.5 Å². The van der Waals surface area contributed by atoms with Gasteiger partial charge in [-0.15, -0.1) is 11.3 Å². The average Bonchev–Trinajstić information content (AvgIpc) is 2.13. The third-order valence-electron chi connectivity index (χ3n) is 1.06. The van der Waals surface area contributed by atoms with Gasteiger partial charge in [0.2, 0.25) is 0 Å². The van der Waals surface area contributed by atoms with Gasteiger partial charge in [0.05, 0.1) is 6.61 Å². The summed E-state index contributed by atoms with van der Waals surface area (Å²) < 4.78 is 1.09. The van der Waals surface area contributed by atoms with Crippen LogP contribution < -0.4 is 0 Å². The molecule has 9 heavy (non-hydrogen) atoms. The lowest BCUT2D eigenvalue weighted by Gasteiger charge is -1.80. The second-order valence-electron chi connectivity index (χ2n) is 1.77. The van der Waals surface area contributed by atoms with Crippen molar-refractivity contribution in [3.8, 4) is 0 Å². The maximum atomic E-state index is 8.66. The zero-order chi connectivity index (χ0) is 6.85. The van der Waals surface area contributed by atoms with Gasteiger partial charge in [-0.1, -0.05) is 0 Å². The van der Waals surface area contributed by atoms with Crippen molar-refractivity contribution < 1.29 is 5.11 Å². The summed E-state index contributed by atoms with van der Waals surface area (Å²) in [7, 11) is 0. The van der Waals surface area contributed by atoms with Crippen LogP contribution in [0, 0.1) is 6.92 Å². The van der Waals surface area contributed by atoms with E-state index in [0.29, 0.717) is 0 Å². The summed E-state index contributed by atoms with van der Waals surface area (Å²) in [6.07, 6.45) is 0. The lowest BCUT2D eigenvalue weighted by atomic mass is 10.4. The van der Waals surface area contributed by atoms with Crippen molar-refractivity contribution in [3.63, 3.8) is 0 Å². The number of rotatable bonds is 1. The van der Waals surface area contributed by atoms with Gasteiger partial charge in [0, 0.05) is 14.2 Å². The minimum atomic E-state index is 0.150. The van der Waals surface area contributed by atoms with E-state index in [4.69, 9.17) is 5.11 Å². The van der Waals surface area contributed by atoms with E-state index in [-0.39, 0.29) is 6.61 Å². The summed E-state index contributed by atoms with van der Waals surface area (Å²) in [6.45, 7) is 2.17. The van der Waals surface area contributed by atoms with Gasteiger partial charge >= 0.3 is 0 Å². The molecular weight excluding hydrogens is 200 g/mol. The van der Waals surface area contributed by atoms with Crippen LogP contribution >= 0.6 is 27.3 Å². The van der Waals surface area contributed by atoms with Crippen molar-refractivity contribution in [3.05, 3.63) is 20.3 Å². The molecule has 0 amide bonds. The van der Waals surface area contributed by atoms with Gasteiger partial charge < -0.3 is 5.11 Å². The third kappa shape index (κ3) is 1.53. The van der Waals surface area contributed by atoms with E-state index in [1.54, 1.807) is 11.3 Å². The van der Waals surface area contributed by atoms with Crippen LogP contribution in [0.25, 0.3) is 0 Å². The van der Waals surface area contributed by atoms with E-state index in [9.17, 15) is 0 Å². The molecule has 1 heterocycles. The fourth-order valence-electron chi connectivity index (χ4n) is 0.596. The number of halogens is 1. The molecule has 0 aliphatic heterocycles. The van der Waals surface area contributed by atoms with Gasteiger partial charge in [0.1, 0.15) is 0 Å². The smallest absolute Gasteiger partial charge is 0.0774 e. The molecule has 0 aliphatic carbocycles. The Balaban J connectivity index is 2.98. The van der Waals surface area contributed by atoms with Crippen molar-refractivity contribution in [2.24, 2.45) is 0 Å². The largest absolute Gasteiger partial charge is 0.391 e. The number of aliphatic hydroxyl groups excluding tert-OH is 1. The van der Waals surface area contributed by atoms with Crippen LogP contribution in [0.2, 0.25) is 0 Å². The van der Waals surface area contributed by atoms with Crippen LogP contribution in [0.4, 0.5) is 0 Å². The summed E-state index contributed by atoms with van der Waals surface area (Å²) >= 11 is 4.97. The van der Waals surface area contributed by atoms with Gasteiger partial charge in [-0.2, -0.15) is 0 Å². The molecule has 1 rings (SSSR count). The molecule has 1 aromatic heterocycles. The topological polar surface area (TPSA) is 20.2 Å². The van der Waals surface area contributed by atoms with Crippen LogP contribution in [0.15, 0.2) is 10.5 Å². The normalized spacial score (nSPS) is 10.1. The van der Waals surface area contributed by atoms with Crippen LogP contribution in [0.5, 0.6) is 0 Å². The Labute approximate surface area is 66.5 Å². The molecule has 50 valence electrons. The molecular formula is C6H7BrOS. The first kappa shape index (κ1) is 7.25. The Hall–Kier alpha value is 0.140. The van der Waals surface area contributed by atoms with Gasteiger partial charge in [0.15, 0.2) is 0 Å². The van der Waals surface area contributed by atoms with E-state index in [1.165, 1.54) is 4.88 Å². The zero-order valence-electron chi connectivity index (χ0n) is 5.02. The molecule has 0 aromatic carbocycles. The molecule has 0 spiro atoms. The summed E-state index contributed by atoms with van der Waals surface area (Å²) in [5, 5.41) is 8.66. The molecule has 0 bridgehead atoms. The fraction of sp³-hybridized carbons (Fsp3) is 0.333. The highest BCUT2D eigenvalue weighted by atomic mass is 79.9. The predicted molar refractivity (Wildman–Crippen MR) is 42.7 cm³/mol. The van der Waals surface area contributed by atoms with E-state index in [0.717, 1.165) is 9.35 Å². The summed E-state index contributed by atoms with van der Waals surface area (Å²) in [5.41, 5.74) is 0. The molecule has 3 heteroatoms. The van der Waals surface area contributed by atoms with Crippen LogP contribution in [-0.2, 0) is 6.61 Å². The van der Waals surface area contributed by atoms with Crippen LogP contribution in [0.1, 0.15) is 9.75 Å². The lowest BCUT2D eigenvalue weighted by molar-refractivity contribution is 0.285. The Kier molecular flexibility index (Phi) is 2.27. The SMILES string of the molecule is Cc1sc(CO)cc1Br. The highest BCUT2D eigenvalue weighted by Gasteiger charge is 1.99. The molecule has 0 saturated carbocycles. The number of aryl methyl sites for hydroxylation is 1. The lowest BCUT2D eigenvalue weighted by Crippen LogP contribution is -1.70. The van der Waals surface area contributed by atoms with Crippen molar-refractivity contribution in [2.75, 3.05) is 0 Å². The highest BCUT2D eigenvalue weighted by molar-refractivity contribution is 9.10. The monoisotopic (exact) mass is 206 g/mol. The second kappa shape index (κ2) is 2.82. The number of hydrogen-bond acceptors (Lipinski definition) is 2. The number of hydrogen-bond donors (Lipinski definition) is 1. The van der Waals surface area contributed by atoms with Gasteiger partial charge in [-0.25, -0.2) is 0 Å². The molecule has 1 N–H and O–H groups in total. The third-order valence-corrected chi connectivity index (χ3v) is 3.19. The van der Waals surface area contributed by atoms with Crippen LogP contribution in [0.3, 0.4) is 0 Å². The first-order valence-corrected chi connectivity index (χ1v) is 4.20. The molecule has 0 fully saturated rings. The predicted octanol–water partition coefficient (Wildman–Crippen LogP) is 2.31. The van der Waals surface area contributed by atoms with E-state index >= 15 is 0 Å². The minimum Gasteiger partial charge on any atom is -0.391 e. The molecule has 0 aliphatic rings. The maximum absolute atomic E-state index is 8.66. The van der Waals surface area contributed by atoms with Crippen molar-refractivity contribution >= 4 is 27.3 Å². The second-order valence-corrected chi connectivity index (χ2v) is 3.97. The Bertz CT molecular complexity index is 187. The first-order valence-electron chi connectivity index (χ1n) is 2.59. The summed E-state index contributed by atoms with van der Waals surface area (Å²) in [6, 6.07) is 1.94. The highest BCUT2D eigenvalue weighted by Crippen LogP contribution is 2.25. The quantitative estimate of drug-likeness (QED) is 0.749. The summed E-state index contributed by atoms with van der Waals surface area (Å²) in [5.74, 6) is 0. The zero-order valence-corrected chi connectivity index (χ0v) is 7.42. The fourth-order valence-corrected chi connectivity index (χ4v) is 2.06. The standard InChI is InChI=1S/C6H7BrOS/c1-4-6(7)2-5(3-8)9-4/h2,8H,3H2,1H3. The molecule has 0 unspecified atom stereocenters. The van der Waals surface area contributed by atoms with Crippen molar-refractivity contribution in [1.29, 1.82) is 0 Å².